The van der Waals surface area contributed by atoms with Gasteiger partial charge in [0.25, 0.3) is 5.56 Å². The first-order valence-corrected chi connectivity index (χ1v) is 12.3. The summed E-state index contributed by atoms with van der Waals surface area (Å²) >= 11 is 2.60. The minimum Gasteiger partial charge on any atom is -0.486 e. The molecule has 1 amide bonds. The number of hydrogen-bond donors (Lipinski definition) is 1. The predicted molar refractivity (Wildman–Crippen MR) is 131 cm³/mol. The molecule has 1 N–H and O–H groups in total. The molecule has 2 aromatic heterocycles. The number of thioether (sulfide) groups is 1. The van der Waals surface area contributed by atoms with Crippen LogP contribution in [0.3, 0.4) is 0 Å². The van der Waals surface area contributed by atoms with Gasteiger partial charge in [-0.15, -0.1) is 11.3 Å². The number of rotatable bonds is 5. The van der Waals surface area contributed by atoms with E-state index in [0.717, 1.165) is 16.8 Å². The predicted octanol–water partition coefficient (Wildman–Crippen LogP) is 4.57. The van der Waals surface area contributed by atoms with Crippen LogP contribution in [0.5, 0.6) is 11.5 Å². The molecule has 0 saturated heterocycles. The Morgan fingerprint density at radius 1 is 1.09 bits per heavy atom. The van der Waals surface area contributed by atoms with E-state index in [2.05, 4.69) is 16.4 Å². The van der Waals surface area contributed by atoms with Gasteiger partial charge < -0.3 is 14.8 Å². The van der Waals surface area contributed by atoms with Gasteiger partial charge in [-0.1, -0.05) is 17.8 Å². The van der Waals surface area contributed by atoms with Crippen molar-refractivity contribution in [3.63, 3.8) is 0 Å². The molecule has 168 valence electrons. The largest absolute Gasteiger partial charge is 0.486 e. The zero-order valence-corrected chi connectivity index (χ0v) is 19.7. The number of aromatic nitrogens is 2. The molecule has 33 heavy (non-hydrogen) atoms. The highest BCUT2D eigenvalue weighted by molar-refractivity contribution is 7.99. The van der Waals surface area contributed by atoms with Crippen LogP contribution in [0.25, 0.3) is 15.9 Å². The molecule has 1 aliphatic heterocycles. The Balaban J connectivity index is 1.41. The first-order chi connectivity index (χ1) is 16.0. The molecule has 4 aromatic rings. The third-order valence-electron chi connectivity index (χ3n) is 5.07. The van der Waals surface area contributed by atoms with Crippen LogP contribution >= 0.6 is 23.1 Å². The molecule has 2 aromatic carbocycles. The zero-order chi connectivity index (χ0) is 22.9. The Kier molecular flexibility index (Phi) is 5.82. The minimum atomic E-state index is -0.205. The Hall–Kier alpha value is -3.30. The second-order valence-corrected chi connectivity index (χ2v) is 9.57. The van der Waals surface area contributed by atoms with Crippen molar-refractivity contribution in [3.8, 4) is 17.2 Å². The molecule has 0 atom stereocenters. The van der Waals surface area contributed by atoms with E-state index in [9.17, 15) is 9.59 Å². The van der Waals surface area contributed by atoms with E-state index in [-0.39, 0.29) is 17.2 Å². The highest BCUT2D eigenvalue weighted by Gasteiger charge is 2.17. The molecule has 0 bridgehead atoms. The molecule has 3 heterocycles. The van der Waals surface area contributed by atoms with Crippen molar-refractivity contribution >= 4 is 44.9 Å². The second kappa shape index (κ2) is 8.92. The van der Waals surface area contributed by atoms with Gasteiger partial charge in [-0.25, -0.2) is 4.98 Å². The first kappa shape index (κ1) is 21.5. The number of thiophene rings is 1. The number of carbonyl (C=O) groups excluding carboxylic acids is 1. The Morgan fingerprint density at radius 3 is 2.64 bits per heavy atom. The number of amides is 1. The van der Waals surface area contributed by atoms with E-state index in [1.54, 1.807) is 22.8 Å². The van der Waals surface area contributed by atoms with Gasteiger partial charge in [0.05, 0.1) is 17.0 Å². The van der Waals surface area contributed by atoms with E-state index in [4.69, 9.17) is 9.47 Å². The lowest BCUT2D eigenvalue weighted by Gasteiger charge is -2.19. The normalized spacial score (nSPS) is 12.7. The minimum absolute atomic E-state index is 0.0985. The van der Waals surface area contributed by atoms with E-state index >= 15 is 0 Å². The quantitative estimate of drug-likeness (QED) is 0.334. The van der Waals surface area contributed by atoms with Gasteiger partial charge >= 0.3 is 0 Å². The summed E-state index contributed by atoms with van der Waals surface area (Å²) in [5, 5.41) is 5.21. The molecular weight excluding hydrogens is 458 g/mol. The summed E-state index contributed by atoms with van der Waals surface area (Å²) in [7, 11) is 0. The van der Waals surface area contributed by atoms with Gasteiger partial charge in [-0.05, 0) is 60.7 Å². The summed E-state index contributed by atoms with van der Waals surface area (Å²) in [6.07, 6.45) is 0. The zero-order valence-electron chi connectivity index (χ0n) is 18.1. The SMILES string of the molecule is Cc1cc(C)cc(-n2c(SCC(=O)Nc3ccc4c(c3)OCCO4)nc3ccsc3c2=O)c1. The highest BCUT2D eigenvalue weighted by atomic mass is 32.2. The van der Waals surface area contributed by atoms with Crippen LogP contribution in [0.1, 0.15) is 11.1 Å². The molecule has 1 aliphatic rings. The van der Waals surface area contributed by atoms with E-state index in [1.165, 1.54) is 23.1 Å². The van der Waals surface area contributed by atoms with Crippen molar-refractivity contribution in [2.24, 2.45) is 0 Å². The summed E-state index contributed by atoms with van der Waals surface area (Å²) in [6, 6.07) is 13.1. The third kappa shape index (κ3) is 4.46. The number of nitrogens with zero attached hydrogens (tertiary/aromatic N) is 2. The fourth-order valence-corrected chi connectivity index (χ4v) is 5.32. The summed E-state index contributed by atoms with van der Waals surface area (Å²) < 4.78 is 13.3. The summed E-state index contributed by atoms with van der Waals surface area (Å²) in [6.45, 7) is 4.98. The number of ether oxygens (including phenoxy) is 2. The van der Waals surface area contributed by atoms with Crippen LogP contribution in [0.2, 0.25) is 0 Å². The molecule has 0 saturated carbocycles. The van der Waals surface area contributed by atoms with E-state index in [0.29, 0.717) is 45.8 Å². The van der Waals surface area contributed by atoms with Crippen molar-refractivity contribution in [1.82, 2.24) is 9.55 Å². The van der Waals surface area contributed by atoms with Crippen molar-refractivity contribution in [2.75, 3.05) is 24.3 Å². The smallest absolute Gasteiger partial charge is 0.276 e. The molecule has 0 spiro atoms. The summed E-state index contributed by atoms with van der Waals surface area (Å²) in [5.74, 6) is 1.17. The molecule has 0 radical (unpaired) electrons. The first-order valence-electron chi connectivity index (χ1n) is 10.4. The third-order valence-corrected chi connectivity index (χ3v) is 6.90. The van der Waals surface area contributed by atoms with E-state index < -0.39 is 0 Å². The molecule has 5 rings (SSSR count). The Labute approximate surface area is 198 Å². The molecule has 9 heteroatoms. The molecule has 0 unspecified atom stereocenters. The number of benzene rings is 2. The Morgan fingerprint density at radius 2 is 1.85 bits per heavy atom. The maximum Gasteiger partial charge on any atom is 0.276 e. The summed E-state index contributed by atoms with van der Waals surface area (Å²) in [5.41, 5.74) is 3.98. The van der Waals surface area contributed by atoms with Crippen LogP contribution in [0, 0.1) is 13.8 Å². The molecule has 0 aliphatic carbocycles. The Bertz CT molecular complexity index is 1410. The van der Waals surface area contributed by atoms with Crippen LogP contribution < -0.4 is 20.3 Å². The number of carbonyl (C=O) groups is 1. The maximum atomic E-state index is 13.3. The lowest BCUT2D eigenvalue weighted by atomic mass is 10.1. The molecule has 7 nitrogen and oxygen atoms in total. The topological polar surface area (TPSA) is 82.5 Å². The van der Waals surface area contributed by atoms with Gasteiger partial charge in [0, 0.05) is 11.8 Å². The van der Waals surface area contributed by atoms with Gasteiger partial charge in [0.1, 0.15) is 17.9 Å². The lowest BCUT2D eigenvalue weighted by Crippen LogP contribution is -2.22. The van der Waals surface area contributed by atoms with Crippen LogP contribution in [-0.2, 0) is 4.79 Å². The number of nitrogens with one attached hydrogen (secondary N) is 1. The average Bonchev–Trinajstić information content (AvgIpc) is 3.26. The standard InChI is InChI=1S/C24H21N3O4S2/c1-14-9-15(2)11-17(10-14)27-23(29)22-18(5-8-32-22)26-24(27)33-13-21(28)25-16-3-4-19-20(12-16)31-7-6-30-19/h3-5,8-12H,6-7,13H2,1-2H3,(H,25,28). The van der Waals surface area contributed by atoms with Crippen LogP contribution in [0.4, 0.5) is 5.69 Å². The fourth-order valence-electron chi connectivity index (χ4n) is 3.74. The van der Waals surface area contributed by atoms with Crippen molar-refractivity contribution in [2.45, 2.75) is 19.0 Å². The molecular formula is C24H21N3O4S2. The number of anilines is 1. The highest BCUT2D eigenvalue weighted by Crippen LogP contribution is 2.33. The van der Waals surface area contributed by atoms with Crippen molar-refractivity contribution in [1.29, 1.82) is 0 Å². The van der Waals surface area contributed by atoms with Crippen LogP contribution in [-0.4, -0.2) is 34.4 Å². The lowest BCUT2D eigenvalue weighted by molar-refractivity contribution is -0.113. The average molecular weight is 480 g/mol. The van der Waals surface area contributed by atoms with Gasteiger partial charge in [-0.3, -0.25) is 14.2 Å². The summed E-state index contributed by atoms with van der Waals surface area (Å²) in [4.78, 5) is 30.7. The molecule has 0 fully saturated rings. The van der Waals surface area contributed by atoms with Gasteiger partial charge in [0.15, 0.2) is 16.7 Å². The monoisotopic (exact) mass is 479 g/mol. The number of aryl methyl sites for hydroxylation is 2. The van der Waals surface area contributed by atoms with Gasteiger partial charge in [0.2, 0.25) is 5.91 Å². The fraction of sp³-hybridized carbons (Fsp3) is 0.208. The second-order valence-electron chi connectivity index (χ2n) is 7.71. The van der Waals surface area contributed by atoms with Crippen molar-refractivity contribution < 1.29 is 14.3 Å². The van der Waals surface area contributed by atoms with Crippen LogP contribution in [0.15, 0.2) is 57.8 Å². The van der Waals surface area contributed by atoms with Gasteiger partial charge in [-0.2, -0.15) is 0 Å². The van der Waals surface area contributed by atoms with E-state index in [1.807, 2.05) is 37.4 Å². The number of hydrogen-bond acceptors (Lipinski definition) is 7. The maximum absolute atomic E-state index is 13.3. The number of fused-ring (bicyclic) bond motifs is 2. The van der Waals surface area contributed by atoms with Crippen molar-refractivity contribution in [3.05, 3.63) is 69.3 Å².